The molecule has 0 aliphatic rings. The fraction of sp³-hybridized carbons (Fsp3) is 0.176. The molecule has 0 radical (unpaired) electrons. The summed E-state index contributed by atoms with van der Waals surface area (Å²) in [5.41, 5.74) is 7.17. The Balaban J connectivity index is 2.12. The number of imidazole rings is 2. The number of carbonyl (C=O) groups is 2. The predicted octanol–water partition coefficient (Wildman–Crippen LogP) is 1.83. The predicted molar refractivity (Wildman–Crippen MR) is 90.3 cm³/mol. The number of hydrogen-bond acceptors (Lipinski definition) is 4. The maximum absolute atomic E-state index is 11.7. The summed E-state index contributed by atoms with van der Waals surface area (Å²) in [6, 6.07) is 8.44. The number of nitrogens with one attached hydrogen (secondary N) is 1. The zero-order valence-electron chi connectivity index (χ0n) is 13.3. The van der Waals surface area contributed by atoms with Crippen molar-refractivity contribution in [3.05, 3.63) is 49.1 Å². The van der Waals surface area contributed by atoms with Gasteiger partial charge in [-0.1, -0.05) is 30.3 Å². The molecule has 2 heterocycles. The Labute approximate surface area is 143 Å². The van der Waals surface area contributed by atoms with E-state index in [0.29, 0.717) is 17.2 Å². The third kappa shape index (κ3) is 3.42. The van der Waals surface area contributed by atoms with Gasteiger partial charge in [0.05, 0.1) is 12.0 Å². The number of nitrogens with two attached hydrogens (primary N) is 1. The molecule has 0 fully saturated rings. The number of aromatic amines is 1. The number of amides is 1. The van der Waals surface area contributed by atoms with Crippen LogP contribution in [0.2, 0.25) is 0 Å². The fourth-order valence-electron chi connectivity index (χ4n) is 2.69. The standard InChI is InChI=1S/C17H17N5O3/c18-13(23)7-6-12(17(24)25)22-10-21-14(11-4-2-1-3-5-11)15(22)16-19-8-9-20-16/h1-5,8-10,12H,6-7H2,(H2,18,23)(H,19,20)(H,24,25)/t12-/m0/s1. The molecular weight excluding hydrogens is 322 g/mol. The third-order valence-electron chi connectivity index (χ3n) is 3.85. The van der Waals surface area contributed by atoms with Gasteiger partial charge >= 0.3 is 5.97 Å². The van der Waals surface area contributed by atoms with Crippen LogP contribution >= 0.6 is 0 Å². The number of aliphatic carboxylic acids is 1. The molecule has 0 saturated carbocycles. The molecule has 1 aromatic carbocycles. The van der Waals surface area contributed by atoms with Crippen molar-refractivity contribution in [2.45, 2.75) is 18.9 Å². The Bertz CT molecular complexity index is 871. The Morgan fingerprint density at radius 3 is 2.60 bits per heavy atom. The first-order chi connectivity index (χ1) is 12.1. The Morgan fingerprint density at radius 2 is 2.00 bits per heavy atom. The summed E-state index contributed by atoms with van der Waals surface area (Å²) in [4.78, 5) is 34.5. The molecule has 0 saturated heterocycles. The first-order valence-corrected chi connectivity index (χ1v) is 7.71. The van der Waals surface area contributed by atoms with Crippen LogP contribution in [0.1, 0.15) is 18.9 Å². The van der Waals surface area contributed by atoms with E-state index in [-0.39, 0.29) is 12.8 Å². The molecule has 4 N–H and O–H groups in total. The molecule has 0 aliphatic heterocycles. The minimum atomic E-state index is -1.06. The minimum Gasteiger partial charge on any atom is -0.480 e. The van der Waals surface area contributed by atoms with E-state index in [1.54, 1.807) is 12.4 Å². The van der Waals surface area contributed by atoms with E-state index in [2.05, 4.69) is 15.0 Å². The minimum absolute atomic E-state index is 0.0343. The molecule has 0 spiro atoms. The average molecular weight is 339 g/mol. The van der Waals surface area contributed by atoms with E-state index in [0.717, 1.165) is 5.56 Å². The molecule has 1 amide bonds. The molecule has 3 aromatic rings. The van der Waals surface area contributed by atoms with Crippen molar-refractivity contribution in [3.63, 3.8) is 0 Å². The van der Waals surface area contributed by atoms with Gasteiger partial charge in [-0.05, 0) is 6.42 Å². The Morgan fingerprint density at radius 1 is 1.24 bits per heavy atom. The summed E-state index contributed by atoms with van der Waals surface area (Å²) >= 11 is 0. The molecule has 0 unspecified atom stereocenters. The number of carbonyl (C=O) groups excluding carboxylic acids is 1. The molecule has 0 aliphatic carbocycles. The summed E-state index contributed by atoms with van der Waals surface area (Å²) in [6.45, 7) is 0. The van der Waals surface area contributed by atoms with Crippen LogP contribution in [0.25, 0.3) is 22.8 Å². The number of nitrogens with zero attached hydrogens (tertiary/aromatic N) is 3. The van der Waals surface area contributed by atoms with Crippen LogP contribution in [0.4, 0.5) is 0 Å². The highest BCUT2D eigenvalue weighted by Crippen LogP contribution is 2.32. The second-order valence-corrected chi connectivity index (χ2v) is 5.51. The van der Waals surface area contributed by atoms with Crippen molar-refractivity contribution in [1.82, 2.24) is 19.5 Å². The molecule has 25 heavy (non-hydrogen) atoms. The van der Waals surface area contributed by atoms with E-state index < -0.39 is 17.9 Å². The maximum atomic E-state index is 11.7. The van der Waals surface area contributed by atoms with Crippen LogP contribution in [0.3, 0.4) is 0 Å². The number of primary amides is 1. The zero-order chi connectivity index (χ0) is 17.8. The van der Waals surface area contributed by atoms with Crippen molar-refractivity contribution < 1.29 is 14.7 Å². The molecule has 1 atom stereocenters. The quantitative estimate of drug-likeness (QED) is 0.605. The van der Waals surface area contributed by atoms with Crippen LogP contribution in [-0.4, -0.2) is 36.5 Å². The van der Waals surface area contributed by atoms with Crippen LogP contribution in [-0.2, 0) is 9.59 Å². The number of H-pyrrole nitrogens is 1. The zero-order valence-corrected chi connectivity index (χ0v) is 13.3. The summed E-state index contributed by atoms with van der Waals surface area (Å²) in [5, 5.41) is 9.61. The molecular formula is C17H17N5O3. The fourth-order valence-corrected chi connectivity index (χ4v) is 2.69. The van der Waals surface area contributed by atoms with E-state index in [1.165, 1.54) is 10.9 Å². The lowest BCUT2D eigenvalue weighted by atomic mass is 10.1. The Kier molecular flexibility index (Phi) is 4.60. The molecule has 2 aromatic heterocycles. The van der Waals surface area contributed by atoms with Crippen LogP contribution < -0.4 is 5.73 Å². The SMILES string of the molecule is NC(=O)CC[C@@H](C(=O)O)n1cnc(-c2ccccc2)c1-c1ncc[nH]1. The summed E-state index contributed by atoms with van der Waals surface area (Å²) < 4.78 is 1.52. The molecule has 8 nitrogen and oxygen atoms in total. The van der Waals surface area contributed by atoms with E-state index in [1.807, 2.05) is 30.3 Å². The largest absolute Gasteiger partial charge is 0.480 e. The van der Waals surface area contributed by atoms with Crippen LogP contribution in [0.15, 0.2) is 49.1 Å². The van der Waals surface area contributed by atoms with Gasteiger partial charge in [-0.2, -0.15) is 0 Å². The number of carboxylic acids is 1. The van der Waals surface area contributed by atoms with Crippen LogP contribution in [0, 0.1) is 0 Å². The van der Waals surface area contributed by atoms with Gasteiger partial charge in [0.15, 0.2) is 5.82 Å². The van der Waals surface area contributed by atoms with Gasteiger partial charge in [0.1, 0.15) is 11.7 Å². The normalized spacial score (nSPS) is 12.0. The molecule has 8 heteroatoms. The highest BCUT2D eigenvalue weighted by molar-refractivity contribution is 5.80. The average Bonchev–Trinajstić information content (AvgIpc) is 3.24. The summed E-state index contributed by atoms with van der Waals surface area (Å²) in [6.07, 6.45) is 4.73. The number of carboxylic acid groups (broad SMARTS) is 1. The summed E-state index contributed by atoms with van der Waals surface area (Å²) in [7, 11) is 0. The highest BCUT2D eigenvalue weighted by atomic mass is 16.4. The van der Waals surface area contributed by atoms with Crippen molar-refractivity contribution in [1.29, 1.82) is 0 Å². The monoisotopic (exact) mass is 339 g/mol. The second-order valence-electron chi connectivity index (χ2n) is 5.51. The van der Waals surface area contributed by atoms with Crippen LogP contribution in [0.5, 0.6) is 0 Å². The van der Waals surface area contributed by atoms with Gasteiger partial charge in [0.25, 0.3) is 0 Å². The van der Waals surface area contributed by atoms with Gasteiger partial charge in [0.2, 0.25) is 5.91 Å². The topological polar surface area (TPSA) is 127 Å². The van der Waals surface area contributed by atoms with E-state index in [4.69, 9.17) is 5.73 Å². The van der Waals surface area contributed by atoms with E-state index >= 15 is 0 Å². The third-order valence-corrected chi connectivity index (χ3v) is 3.85. The van der Waals surface area contributed by atoms with Gasteiger partial charge in [-0.3, -0.25) is 4.79 Å². The molecule has 3 rings (SSSR count). The van der Waals surface area contributed by atoms with Crippen molar-refractivity contribution in [2.75, 3.05) is 0 Å². The van der Waals surface area contributed by atoms with Gasteiger partial charge in [-0.25, -0.2) is 14.8 Å². The highest BCUT2D eigenvalue weighted by Gasteiger charge is 2.27. The number of aromatic nitrogens is 4. The molecule has 0 bridgehead atoms. The lowest BCUT2D eigenvalue weighted by molar-refractivity contribution is -0.141. The van der Waals surface area contributed by atoms with Crippen molar-refractivity contribution in [3.8, 4) is 22.8 Å². The number of hydrogen-bond donors (Lipinski definition) is 3. The summed E-state index contributed by atoms with van der Waals surface area (Å²) in [5.74, 6) is -1.11. The van der Waals surface area contributed by atoms with Gasteiger partial charge in [0, 0.05) is 24.4 Å². The molecule has 128 valence electrons. The number of rotatable bonds is 7. The smallest absolute Gasteiger partial charge is 0.326 e. The van der Waals surface area contributed by atoms with Crippen molar-refractivity contribution in [2.24, 2.45) is 5.73 Å². The first-order valence-electron chi connectivity index (χ1n) is 7.71. The number of benzene rings is 1. The second kappa shape index (κ2) is 7.00. The maximum Gasteiger partial charge on any atom is 0.326 e. The van der Waals surface area contributed by atoms with E-state index in [9.17, 15) is 14.7 Å². The van der Waals surface area contributed by atoms with Gasteiger partial charge in [-0.15, -0.1) is 0 Å². The van der Waals surface area contributed by atoms with Gasteiger partial charge < -0.3 is 20.4 Å². The lowest BCUT2D eigenvalue weighted by Crippen LogP contribution is -2.22. The van der Waals surface area contributed by atoms with Crippen molar-refractivity contribution >= 4 is 11.9 Å². The lowest BCUT2D eigenvalue weighted by Gasteiger charge is -2.16. The first kappa shape index (κ1) is 16.4. The Hall–Kier alpha value is -3.42.